The Morgan fingerprint density at radius 1 is 1.25 bits per heavy atom. The third-order valence-electron chi connectivity index (χ3n) is 1.61. The fraction of sp³-hybridized carbons (Fsp3) is 0.286. The molecule has 0 amide bonds. The van der Waals surface area contributed by atoms with Crippen LogP contribution < -0.4 is 11.5 Å². The molecule has 5 heteroatoms. The third-order valence-corrected chi connectivity index (χ3v) is 1.61. The first kappa shape index (κ1) is 8.76. The Morgan fingerprint density at radius 2 is 1.92 bits per heavy atom. The van der Waals surface area contributed by atoms with Gasteiger partial charge in [0.25, 0.3) is 0 Å². The zero-order chi connectivity index (χ0) is 9.14. The number of hydrogen-bond donors (Lipinski definition) is 4. The standard InChI is InChI=1S/C7H11N3O2/c8-1-4-6(11)3-10-5(2-9)7(4)12/h3,11-12H,1-2,8-9H2. The van der Waals surface area contributed by atoms with Gasteiger partial charge in [0.1, 0.15) is 11.5 Å². The number of nitrogens with two attached hydrogens (primary N) is 2. The van der Waals surface area contributed by atoms with Gasteiger partial charge < -0.3 is 21.7 Å². The number of rotatable bonds is 2. The summed E-state index contributed by atoms with van der Waals surface area (Å²) in [6, 6.07) is 0. The quantitative estimate of drug-likeness (QED) is 0.473. The molecule has 1 aromatic heterocycles. The summed E-state index contributed by atoms with van der Waals surface area (Å²) in [5, 5.41) is 18.6. The van der Waals surface area contributed by atoms with E-state index in [1.165, 1.54) is 6.20 Å². The molecule has 0 bridgehead atoms. The minimum Gasteiger partial charge on any atom is -0.506 e. The Balaban J connectivity index is 3.24. The van der Waals surface area contributed by atoms with Gasteiger partial charge in [-0.3, -0.25) is 4.98 Å². The number of nitrogens with zero attached hydrogens (tertiary/aromatic N) is 1. The maximum Gasteiger partial charge on any atom is 0.146 e. The molecule has 1 heterocycles. The second kappa shape index (κ2) is 3.38. The summed E-state index contributed by atoms with van der Waals surface area (Å²) in [4.78, 5) is 3.72. The van der Waals surface area contributed by atoms with Crippen molar-refractivity contribution in [3.05, 3.63) is 17.5 Å². The van der Waals surface area contributed by atoms with Crippen LogP contribution in [0.2, 0.25) is 0 Å². The maximum atomic E-state index is 9.39. The van der Waals surface area contributed by atoms with E-state index in [4.69, 9.17) is 16.6 Å². The summed E-state index contributed by atoms with van der Waals surface area (Å²) in [6.45, 7) is 0.187. The van der Waals surface area contributed by atoms with Gasteiger partial charge in [0.2, 0.25) is 0 Å². The highest BCUT2D eigenvalue weighted by atomic mass is 16.3. The van der Waals surface area contributed by atoms with Gasteiger partial charge in [-0.2, -0.15) is 0 Å². The molecule has 0 atom stereocenters. The van der Waals surface area contributed by atoms with Gasteiger partial charge in [0.15, 0.2) is 0 Å². The van der Waals surface area contributed by atoms with Crippen LogP contribution in [0.3, 0.4) is 0 Å². The van der Waals surface area contributed by atoms with Crippen LogP contribution >= 0.6 is 0 Å². The highest BCUT2D eigenvalue weighted by molar-refractivity contribution is 5.44. The van der Waals surface area contributed by atoms with Crippen molar-refractivity contribution in [3.63, 3.8) is 0 Å². The molecular weight excluding hydrogens is 158 g/mol. The molecule has 6 N–H and O–H groups in total. The first-order valence-corrected chi connectivity index (χ1v) is 3.49. The minimum absolute atomic E-state index is 0.0627. The summed E-state index contributed by atoms with van der Waals surface area (Å²) in [5.74, 6) is -0.216. The number of pyridine rings is 1. The van der Waals surface area contributed by atoms with E-state index in [2.05, 4.69) is 4.98 Å². The van der Waals surface area contributed by atoms with Gasteiger partial charge in [-0.25, -0.2) is 0 Å². The van der Waals surface area contributed by atoms with Gasteiger partial charge in [-0.1, -0.05) is 0 Å². The average Bonchev–Trinajstić information content (AvgIpc) is 2.06. The van der Waals surface area contributed by atoms with Gasteiger partial charge >= 0.3 is 0 Å². The molecule has 0 saturated carbocycles. The van der Waals surface area contributed by atoms with Crippen molar-refractivity contribution < 1.29 is 10.2 Å². The van der Waals surface area contributed by atoms with Crippen molar-refractivity contribution in [1.29, 1.82) is 0 Å². The van der Waals surface area contributed by atoms with Crippen molar-refractivity contribution in [2.75, 3.05) is 0 Å². The van der Waals surface area contributed by atoms with Crippen LogP contribution in [0.15, 0.2) is 6.20 Å². The summed E-state index contributed by atoms with van der Waals surface area (Å²) >= 11 is 0. The molecule has 0 fully saturated rings. The molecule has 0 saturated heterocycles. The van der Waals surface area contributed by atoms with E-state index in [0.717, 1.165) is 0 Å². The largest absolute Gasteiger partial charge is 0.506 e. The van der Waals surface area contributed by atoms with Crippen molar-refractivity contribution in [2.45, 2.75) is 13.1 Å². The molecule has 0 unspecified atom stereocenters. The molecule has 0 radical (unpaired) electrons. The molecule has 0 aliphatic heterocycles. The van der Waals surface area contributed by atoms with E-state index in [0.29, 0.717) is 5.69 Å². The van der Waals surface area contributed by atoms with Gasteiger partial charge in [0.05, 0.1) is 17.5 Å². The normalized spacial score (nSPS) is 10.2. The molecule has 0 aliphatic rings. The van der Waals surface area contributed by atoms with E-state index in [-0.39, 0.29) is 30.2 Å². The lowest BCUT2D eigenvalue weighted by molar-refractivity contribution is 0.428. The van der Waals surface area contributed by atoms with E-state index >= 15 is 0 Å². The number of aromatic hydroxyl groups is 2. The van der Waals surface area contributed by atoms with Crippen LogP contribution in [-0.4, -0.2) is 15.2 Å². The summed E-state index contributed by atoms with van der Waals surface area (Å²) in [6.07, 6.45) is 1.23. The zero-order valence-corrected chi connectivity index (χ0v) is 6.49. The van der Waals surface area contributed by atoms with Gasteiger partial charge in [-0.15, -0.1) is 0 Å². The topological polar surface area (TPSA) is 105 Å². The van der Waals surface area contributed by atoms with Gasteiger partial charge in [-0.05, 0) is 0 Å². The average molecular weight is 169 g/mol. The SMILES string of the molecule is NCc1ncc(O)c(CN)c1O. The lowest BCUT2D eigenvalue weighted by Gasteiger charge is -2.06. The van der Waals surface area contributed by atoms with Crippen molar-refractivity contribution in [3.8, 4) is 11.5 Å². The molecule has 1 aromatic rings. The van der Waals surface area contributed by atoms with Crippen LogP contribution in [0.1, 0.15) is 11.3 Å². The summed E-state index contributed by atoms with van der Waals surface area (Å²) in [5.41, 5.74) is 11.2. The van der Waals surface area contributed by atoms with Crippen molar-refractivity contribution >= 4 is 0 Å². The lowest BCUT2D eigenvalue weighted by Crippen LogP contribution is -2.04. The Bertz CT molecular complexity index is 288. The van der Waals surface area contributed by atoms with E-state index in [1.807, 2.05) is 0 Å². The predicted molar refractivity (Wildman–Crippen MR) is 43.3 cm³/mol. The van der Waals surface area contributed by atoms with Crippen molar-refractivity contribution in [1.82, 2.24) is 4.98 Å². The molecule has 0 aromatic carbocycles. The zero-order valence-electron chi connectivity index (χ0n) is 6.49. The molecule has 0 aliphatic carbocycles. The Labute approximate surface area is 69.6 Å². The van der Waals surface area contributed by atoms with Crippen LogP contribution in [-0.2, 0) is 13.1 Å². The monoisotopic (exact) mass is 169 g/mol. The predicted octanol–water partition coefficient (Wildman–Crippen LogP) is -0.590. The molecular formula is C7H11N3O2. The van der Waals surface area contributed by atoms with Gasteiger partial charge in [0, 0.05) is 13.1 Å². The Morgan fingerprint density at radius 3 is 2.42 bits per heavy atom. The second-order valence-electron chi connectivity index (χ2n) is 2.33. The summed E-state index contributed by atoms with van der Waals surface area (Å²) < 4.78 is 0. The third kappa shape index (κ3) is 1.32. The molecule has 1 rings (SSSR count). The number of aromatic nitrogens is 1. The smallest absolute Gasteiger partial charge is 0.146 e. The van der Waals surface area contributed by atoms with Crippen LogP contribution in [0.5, 0.6) is 11.5 Å². The molecule has 0 spiro atoms. The summed E-state index contributed by atoms with van der Waals surface area (Å²) in [7, 11) is 0. The van der Waals surface area contributed by atoms with E-state index in [1.54, 1.807) is 0 Å². The molecule has 5 nitrogen and oxygen atoms in total. The highest BCUT2D eigenvalue weighted by Crippen LogP contribution is 2.27. The highest BCUT2D eigenvalue weighted by Gasteiger charge is 2.10. The lowest BCUT2D eigenvalue weighted by atomic mass is 10.2. The van der Waals surface area contributed by atoms with E-state index < -0.39 is 0 Å². The fourth-order valence-corrected chi connectivity index (χ4v) is 0.924. The second-order valence-corrected chi connectivity index (χ2v) is 2.33. The van der Waals surface area contributed by atoms with Crippen LogP contribution in [0.25, 0.3) is 0 Å². The maximum absolute atomic E-state index is 9.39. The number of hydrogen-bond acceptors (Lipinski definition) is 5. The minimum atomic E-state index is -0.111. The first-order chi connectivity index (χ1) is 5.70. The molecule has 12 heavy (non-hydrogen) atoms. The van der Waals surface area contributed by atoms with Crippen LogP contribution in [0, 0.1) is 0 Å². The fourth-order valence-electron chi connectivity index (χ4n) is 0.924. The Kier molecular flexibility index (Phi) is 2.47. The van der Waals surface area contributed by atoms with E-state index in [9.17, 15) is 5.11 Å². The first-order valence-electron chi connectivity index (χ1n) is 3.49. The molecule has 66 valence electrons. The van der Waals surface area contributed by atoms with Crippen LogP contribution in [0.4, 0.5) is 0 Å². The van der Waals surface area contributed by atoms with Crippen molar-refractivity contribution in [2.24, 2.45) is 11.5 Å². The Hall–Kier alpha value is -1.33.